The monoisotopic (exact) mass is 189 g/mol. The van der Waals surface area contributed by atoms with Crippen molar-refractivity contribution in [1.29, 1.82) is 0 Å². The molecule has 1 amide bonds. The molecular formula is C8H15NO2S. The van der Waals surface area contributed by atoms with Gasteiger partial charge in [-0.2, -0.15) is 0 Å². The Morgan fingerprint density at radius 3 is 2.42 bits per heavy atom. The van der Waals surface area contributed by atoms with Gasteiger partial charge in [-0.15, -0.1) is 12.6 Å². The smallest absolute Gasteiger partial charge is 0.407 e. The van der Waals surface area contributed by atoms with E-state index in [-0.39, 0.29) is 0 Å². The van der Waals surface area contributed by atoms with Gasteiger partial charge in [0.05, 0.1) is 6.54 Å². The van der Waals surface area contributed by atoms with E-state index in [1.54, 1.807) is 0 Å². The number of hydrogen-bond acceptors (Lipinski definition) is 3. The summed E-state index contributed by atoms with van der Waals surface area (Å²) in [4.78, 5) is 11.6. The van der Waals surface area contributed by atoms with Crippen LogP contribution in [0.3, 0.4) is 0 Å². The second-order valence-corrected chi connectivity index (χ2v) is 4.05. The van der Waals surface area contributed by atoms with Crippen LogP contribution in [0.4, 0.5) is 4.79 Å². The van der Waals surface area contributed by atoms with Gasteiger partial charge in [-0.25, -0.2) is 4.79 Å². The maximum Gasteiger partial charge on any atom is 0.407 e. The molecule has 0 saturated carbocycles. The summed E-state index contributed by atoms with van der Waals surface area (Å²) in [5.41, 5.74) is -0.456. The summed E-state index contributed by atoms with van der Waals surface area (Å²) >= 11 is 3.92. The predicted octanol–water partition coefficient (Wildman–Crippen LogP) is 1.95. The van der Waals surface area contributed by atoms with Crippen molar-refractivity contribution >= 4 is 18.7 Å². The van der Waals surface area contributed by atoms with Crippen LogP contribution >= 0.6 is 12.6 Å². The van der Waals surface area contributed by atoms with Gasteiger partial charge in [-0.05, 0) is 25.7 Å². The van der Waals surface area contributed by atoms with E-state index in [0.29, 0.717) is 11.4 Å². The van der Waals surface area contributed by atoms with E-state index in [0.717, 1.165) is 0 Å². The minimum Gasteiger partial charge on any atom is -0.444 e. The van der Waals surface area contributed by atoms with Gasteiger partial charge in [0.25, 0.3) is 0 Å². The van der Waals surface area contributed by atoms with Crippen molar-refractivity contribution in [2.24, 2.45) is 0 Å². The first-order valence-electron chi connectivity index (χ1n) is 3.65. The zero-order valence-corrected chi connectivity index (χ0v) is 8.57. The molecular weight excluding hydrogens is 174 g/mol. The van der Waals surface area contributed by atoms with Crippen LogP contribution < -0.4 is 5.32 Å². The molecule has 0 aliphatic carbocycles. The first-order valence-corrected chi connectivity index (χ1v) is 4.09. The lowest BCUT2D eigenvalue weighted by Crippen LogP contribution is -2.33. The van der Waals surface area contributed by atoms with Gasteiger partial charge < -0.3 is 10.1 Å². The maximum absolute atomic E-state index is 11.0. The highest BCUT2D eigenvalue weighted by molar-refractivity contribution is 7.84. The molecule has 0 bridgehead atoms. The van der Waals surface area contributed by atoms with Gasteiger partial charge in [0.2, 0.25) is 0 Å². The Balaban J connectivity index is 3.68. The van der Waals surface area contributed by atoms with Crippen LogP contribution in [-0.2, 0) is 4.74 Å². The number of thiol groups is 1. The van der Waals surface area contributed by atoms with Crippen molar-refractivity contribution in [2.75, 3.05) is 6.54 Å². The maximum atomic E-state index is 11.0. The Morgan fingerprint density at radius 2 is 2.08 bits per heavy atom. The largest absolute Gasteiger partial charge is 0.444 e. The van der Waals surface area contributed by atoms with Crippen LogP contribution in [0.25, 0.3) is 0 Å². The summed E-state index contributed by atoms with van der Waals surface area (Å²) in [6.45, 7) is 9.27. The van der Waals surface area contributed by atoms with E-state index < -0.39 is 11.7 Å². The van der Waals surface area contributed by atoms with Crippen molar-refractivity contribution < 1.29 is 9.53 Å². The van der Waals surface area contributed by atoms with E-state index in [2.05, 4.69) is 24.5 Å². The molecule has 0 aromatic carbocycles. The Labute approximate surface area is 78.6 Å². The molecule has 0 rings (SSSR count). The number of rotatable bonds is 2. The van der Waals surface area contributed by atoms with Crippen molar-refractivity contribution in [3.8, 4) is 0 Å². The molecule has 1 N–H and O–H groups in total. The molecule has 0 aliphatic rings. The molecule has 0 atom stereocenters. The molecule has 0 fully saturated rings. The highest BCUT2D eigenvalue weighted by Gasteiger charge is 2.15. The van der Waals surface area contributed by atoms with Crippen LogP contribution in [0, 0.1) is 0 Å². The number of carbonyl (C=O) groups excluding carboxylic acids is 1. The van der Waals surface area contributed by atoms with Gasteiger partial charge >= 0.3 is 6.09 Å². The quantitative estimate of drug-likeness (QED) is 0.652. The first kappa shape index (κ1) is 11.4. The lowest BCUT2D eigenvalue weighted by molar-refractivity contribution is 0.0533. The number of alkyl carbamates (subject to hydrolysis) is 1. The normalized spacial score (nSPS) is 10.7. The third-order valence-electron chi connectivity index (χ3n) is 0.836. The average Bonchev–Trinajstić information content (AvgIpc) is 1.79. The number of nitrogens with one attached hydrogen (secondary N) is 1. The second kappa shape index (κ2) is 4.40. The third kappa shape index (κ3) is 7.47. The van der Waals surface area contributed by atoms with Crippen molar-refractivity contribution in [3.05, 3.63) is 11.5 Å². The standard InChI is InChI=1S/C8H15NO2S/c1-6(12)5-9-7(10)11-8(2,3)4/h12H,1,5H2,2-4H3,(H,9,10). The molecule has 0 spiro atoms. The summed E-state index contributed by atoms with van der Waals surface area (Å²) in [7, 11) is 0. The molecule has 0 aromatic heterocycles. The van der Waals surface area contributed by atoms with Gasteiger partial charge in [-0.1, -0.05) is 6.58 Å². The zero-order chi connectivity index (χ0) is 9.78. The highest BCUT2D eigenvalue weighted by Crippen LogP contribution is 2.06. The van der Waals surface area contributed by atoms with Crippen LogP contribution in [-0.4, -0.2) is 18.2 Å². The first-order chi connectivity index (χ1) is 5.31. The van der Waals surface area contributed by atoms with Crippen molar-refractivity contribution in [3.63, 3.8) is 0 Å². The van der Waals surface area contributed by atoms with Gasteiger partial charge in [0.1, 0.15) is 5.60 Å². The molecule has 0 aromatic rings. The summed E-state index contributed by atoms with van der Waals surface area (Å²) < 4.78 is 4.96. The van der Waals surface area contributed by atoms with Crippen molar-refractivity contribution in [1.82, 2.24) is 5.32 Å². The molecule has 0 aliphatic heterocycles. The fraction of sp³-hybridized carbons (Fsp3) is 0.625. The van der Waals surface area contributed by atoms with Gasteiger partial charge in [0.15, 0.2) is 0 Å². The van der Waals surface area contributed by atoms with Gasteiger partial charge in [-0.3, -0.25) is 0 Å². The number of hydrogen-bond donors (Lipinski definition) is 2. The zero-order valence-electron chi connectivity index (χ0n) is 7.68. The van der Waals surface area contributed by atoms with Crippen LogP contribution in [0.2, 0.25) is 0 Å². The summed E-state index contributed by atoms with van der Waals surface area (Å²) in [5.74, 6) is 0. The molecule has 0 unspecified atom stereocenters. The molecule has 0 saturated heterocycles. The summed E-state index contributed by atoms with van der Waals surface area (Å²) in [5, 5.41) is 2.50. The molecule has 3 nitrogen and oxygen atoms in total. The van der Waals surface area contributed by atoms with Crippen LogP contribution in [0.15, 0.2) is 11.5 Å². The van der Waals surface area contributed by atoms with E-state index in [1.807, 2.05) is 20.8 Å². The van der Waals surface area contributed by atoms with Crippen LogP contribution in [0.1, 0.15) is 20.8 Å². The van der Waals surface area contributed by atoms with Crippen LogP contribution in [0.5, 0.6) is 0 Å². The SMILES string of the molecule is C=C(S)CNC(=O)OC(C)(C)C. The molecule has 12 heavy (non-hydrogen) atoms. The van der Waals surface area contributed by atoms with E-state index in [9.17, 15) is 4.79 Å². The predicted molar refractivity (Wildman–Crippen MR) is 52.4 cm³/mol. The average molecular weight is 189 g/mol. The Hall–Kier alpha value is -0.640. The molecule has 0 heterocycles. The minimum absolute atomic E-state index is 0.331. The second-order valence-electron chi connectivity index (χ2n) is 3.42. The van der Waals surface area contributed by atoms with E-state index in [4.69, 9.17) is 4.74 Å². The lowest BCUT2D eigenvalue weighted by atomic mass is 10.2. The third-order valence-corrected chi connectivity index (χ3v) is 0.994. The molecule has 0 radical (unpaired) electrons. The summed E-state index contributed by atoms with van der Waals surface area (Å²) in [6.07, 6.45) is -0.447. The topological polar surface area (TPSA) is 38.3 Å². The Bertz CT molecular complexity index is 184. The molecule has 70 valence electrons. The minimum atomic E-state index is -0.456. The lowest BCUT2D eigenvalue weighted by Gasteiger charge is -2.19. The fourth-order valence-electron chi connectivity index (χ4n) is 0.488. The van der Waals surface area contributed by atoms with E-state index >= 15 is 0 Å². The van der Waals surface area contributed by atoms with E-state index in [1.165, 1.54) is 0 Å². The van der Waals surface area contributed by atoms with Crippen molar-refractivity contribution in [2.45, 2.75) is 26.4 Å². The van der Waals surface area contributed by atoms with Gasteiger partial charge in [0, 0.05) is 0 Å². The highest BCUT2D eigenvalue weighted by atomic mass is 32.1. The number of ether oxygens (including phenoxy) is 1. The Kier molecular flexibility index (Phi) is 4.17. The number of amides is 1. The fourth-order valence-corrected chi connectivity index (χ4v) is 0.567. The number of carbonyl (C=O) groups is 1. The Morgan fingerprint density at radius 1 is 1.58 bits per heavy atom. The molecule has 4 heteroatoms. The summed E-state index contributed by atoms with van der Waals surface area (Å²) in [6, 6.07) is 0.